The van der Waals surface area contributed by atoms with E-state index in [1.807, 2.05) is 12.1 Å². The molecule has 104 valence electrons. The lowest BCUT2D eigenvalue weighted by Crippen LogP contribution is -2.21. The molecule has 4 nitrogen and oxygen atoms in total. The summed E-state index contributed by atoms with van der Waals surface area (Å²) in [6.07, 6.45) is 3.65. The van der Waals surface area contributed by atoms with Crippen molar-refractivity contribution >= 4 is 21.3 Å². The number of rotatable bonds is 6. The van der Waals surface area contributed by atoms with Gasteiger partial charge in [-0.2, -0.15) is 0 Å². The van der Waals surface area contributed by atoms with Gasteiger partial charge in [0.1, 0.15) is 15.6 Å². The van der Waals surface area contributed by atoms with Crippen LogP contribution in [0.15, 0.2) is 24.3 Å². The van der Waals surface area contributed by atoms with Gasteiger partial charge in [0.15, 0.2) is 0 Å². The van der Waals surface area contributed by atoms with Gasteiger partial charge in [-0.15, -0.1) is 0 Å². The predicted molar refractivity (Wildman–Crippen MR) is 75.7 cm³/mol. The van der Waals surface area contributed by atoms with Gasteiger partial charge in [0.05, 0.1) is 11.2 Å². The Hall–Kier alpha value is -1.36. The van der Waals surface area contributed by atoms with E-state index in [1.165, 1.54) is 6.26 Å². The van der Waals surface area contributed by atoms with Crippen LogP contribution >= 0.6 is 0 Å². The van der Waals surface area contributed by atoms with Gasteiger partial charge in [-0.3, -0.25) is 4.79 Å². The second kappa shape index (κ2) is 4.96. The number of sulfone groups is 1. The van der Waals surface area contributed by atoms with Crippen LogP contribution < -0.4 is 5.73 Å². The number of ketones is 1. The largest absolute Gasteiger partial charge is 0.399 e. The Balaban J connectivity index is 2.00. The zero-order chi connectivity index (χ0) is 14.1. The number of nitrogen functional groups attached to an aromatic ring is 1. The van der Waals surface area contributed by atoms with Crippen molar-refractivity contribution in [2.45, 2.75) is 31.1 Å². The molecular formula is C14H19NO3S. The van der Waals surface area contributed by atoms with Crippen molar-refractivity contribution in [3.8, 4) is 0 Å². The minimum absolute atomic E-state index is 0.0799. The fourth-order valence-electron chi connectivity index (χ4n) is 2.39. The summed E-state index contributed by atoms with van der Waals surface area (Å²) in [5.41, 5.74) is 6.96. The third-order valence-electron chi connectivity index (χ3n) is 3.67. The summed E-state index contributed by atoms with van der Waals surface area (Å²) >= 11 is 0. The summed E-state index contributed by atoms with van der Waals surface area (Å²) in [7, 11) is -2.98. The lowest BCUT2D eigenvalue weighted by atomic mass is 9.89. The summed E-state index contributed by atoms with van der Waals surface area (Å²) in [6.45, 7) is 0. The molecular weight excluding hydrogens is 262 g/mol. The van der Waals surface area contributed by atoms with Crippen molar-refractivity contribution in [2.75, 3.05) is 17.7 Å². The van der Waals surface area contributed by atoms with E-state index in [0.29, 0.717) is 18.5 Å². The van der Waals surface area contributed by atoms with Crippen LogP contribution in [-0.4, -0.2) is 26.2 Å². The van der Waals surface area contributed by atoms with Crippen molar-refractivity contribution in [1.29, 1.82) is 0 Å². The molecule has 2 N–H and O–H groups in total. The molecule has 1 aliphatic rings. The molecule has 0 aliphatic heterocycles. The van der Waals surface area contributed by atoms with Gasteiger partial charge in [0, 0.05) is 18.4 Å². The van der Waals surface area contributed by atoms with Crippen molar-refractivity contribution in [3.63, 3.8) is 0 Å². The second-order valence-corrected chi connectivity index (χ2v) is 7.62. The molecule has 0 radical (unpaired) electrons. The minimum atomic E-state index is -2.98. The maximum atomic E-state index is 12.3. The lowest BCUT2D eigenvalue weighted by molar-refractivity contribution is -0.121. The highest BCUT2D eigenvalue weighted by molar-refractivity contribution is 7.90. The quantitative estimate of drug-likeness (QED) is 0.805. The molecule has 1 saturated carbocycles. The van der Waals surface area contributed by atoms with Gasteiger partial charge >= 0.3 is 0 Å². The number of benzene rings is 1. The van der Waals surface area contributed by atoms with Crippen LogP contribution in [0.25, 0.3) is 0 Å². The smallest absolute Gasteiger partial charge is 0.147 e. The topological polar surface area (TPSA) is 77.2 Å². The molecule has 0 amide bonds. The first-order chi connectivity index (χ1) is 8.83. The molecule has 0 heterocycles. The number of Topliss-reactive ketones (excluding diaryl/α,β-unsaturated/α-hetero) is 1. The number of hydrogen-bond donors (Lipinski definition) is 1. The molecule has 0 spiro atoms. The highest BCUT2D eigenvalue weighted by Crippen LogP contribution is 2.49. The Morgan fingerprint density at radius 3 is 2.32 bits per heavy atom. The SMILES string of the molecule is CS(=O)(=O)CCCC(=O)C1(c2ccc(N)cc2)CC1. The fraction of sp³-hybridized carbons (Fsp3) is 0.500. The number of anilines is 1. The van der Waals surface area contributed by atoms with Gasteiger partial charge in [-0.1, -0.05) is 12.1 Å². The molecule has 1 aromatic carbocycles. The zero-order valence-corrected chi connectivity index (χ0v) is 11.9. The number of hydrogen-bond acceptors (Lipinski definition) is 4. The molecule has 19 heavy (non-hydrogen) atoms. The van der Waals surface area contributed by atoms with Crippen molar-refractivity contribution in [3.05, 3.63) is 29.8 Å². The van der Waals surface area contributed by atoms with E-state index in [0.717, 1.165) is 18.4 Å². The monoisotopic (exact) mass is 281 g/mol. The van der Waals surface area contributed by atoms with Gasteiger partial charge in [0.25, 0.3) is 0 Å². The van der Waals surface area contributed by atoms with E-state index in [1.54, 1.807) is 12.1 Å². The van der Waals surface area contributed by atoms with Crippen LogP contribution in [0.4, 0.5) is 5.69 Å². The van der Waals surface area contributed by atoms with Crippen molar-refractivity contribution in [2.24, 2.45) is 0 Å². The van der Waals surface area contributed by atoms with Crippen LogP contribution in [-0.2, 0) is 20.0 Å². The molecule has 2 rings (SSSR count). The van der Waals surface area contributed by atoms with E-state index in [2.05, 4.69) is 0 Å². The molecule has 5 heteroatoms. The van der Waals surface area contributed by atoms with E-state index in [4.69, 9.17) is 5.73 Å². The normalized spacial score (nSPS) is 17.1. The molecule has 1 aliphatic carbocycles. The van der Waals surface area contributed by atoms with E-state index >= 15 is 0 Å². The fourth-order valence-corrected chi connectivity index (χ4v) is 3.06. The first-order valence-corrected chi connectivity index (χ1v) is 8.47. The van der Waals surface area contributed by atoms with Gasteiger partial charge in [0.2, 0.25) is 0 Å². The molecule has 0 saturated heterocycles. The maximum absolute atomic E-state index is 12.3. The highest BCUT2D eigenvalue weighted by Gasteiger charge is 2.49. The first-order valence-electron chi connectivity index (χ1n) is 6.41. The van der Waals surface area contributed by atoms with Crippen LogP contribution in [0.3, 0.4) is 0 Å². The molecule has 0 unspecified atom stereocenters. The zero-order valence-electron chi connectivity index (χ0n) is 11.1. The average Bonchev–Trinajstić information content (AvgIpc) is 3.09. The Bertz CT molecular complexity index is 571. The van der Waals surface area contributed by atoms with E-state index in [-0.39, 0.29) is 17.0 Å². The minimum Gasteiger partial charge on any atom is -0.399 e. The van der Waals surface area contributed by atoms with E-state index < -0.39 is 9.84 Å². The summed E-state index contributed by atoms with van der Waals surface area (Å²) < 4.78 is 22.1. The first kappa shape index (κ1) is 14.1. The Morgan fingerprint density at radius 1 is 1.26 bits per heavy atom. The Morgan fingerprint density at radius 2 is 1.84 bits per heavy atom. The van der Waals surface area contributed by atoms with Gasteiger partial charge in [-0.25, -0.2) is 8.42 Å². The van der Waals surface area contributed by atoms with Crippen molar-refractivity contribution in [1.82, 2.24) is 0 Å². The molecule has 0 aromatic heterocycles. The second-order valence-electron chi connectivity index (χ2n) is 5.36. The summed E-state index contributed by atoms with van der Waals surface area (Å²) in [4.78, 5) is 12.3. The number of nitrogens with two attached hydrogens (primary N) is 1. The summed E-state index contributed by atoms with van der Waals surface area (Å²) in [5.74, 6) is 0.234. The Kier molecular flexibility index (Phi) is 3.67. The molecule has 1 aromatic rings. The number of carbonyl (C=O) groups excluding carboxylic acids is 1. The van der Waals surface area contributed by atoms with Crippen LogP contribution in [0.5, 0.6) is 0 Å². The van der Waals surface area contributed by atoms with Gasteiger partial charge < -0.3 is 5.73 Å². The van der Waals surface area contributed by atoms with Crippen LogP contribution in [0.2, 0.25) is 0 Å². The molecule has 0 atom stereocenters. The average molecular weight is 281 g/mol. The predicted octanol–water partition coefficient (Wildman–Crippen LogP) is 1.69. The third-order valence-corrected chi connectivity index (χ3v) is 4.70. The summed E-state index contributed by atoms with van der Waals surface area (Å²) in [5, 5.41) is 0. The van der Waals surface area contributed by atoms with Crippen LogP contribution in [0, 0.1) is 0 Å². The highest BCUT2D eigenvalue weighted by atomic mass is 32.2. The Labute approximate surface area is 113 Å². The molecule has 1 fully saturated rings. The van der Waals surface area contributed by atoms with E-state index in [9.17, 15) is 13.2 Å². The van der Waals surface area contributed by atoms with Crippen LogP contribution in [0.1, 0.15) is 31.2 Å². The standard InChI is InChI=1S/C14H19NO3S/c1-19(17,18)10-2-3-13(16)14(8-9-14)11-4-6-12(15)7-5-11/h4-7H,2-3,8-10,15H2,1H3. The third kappa shape index (κ3) is 3.35. The lowest BCUT2D eigenvalue weighted by Gasteiger charge is -2.14. The van der Waals surface area contributed by atoms with Gasteiger partial charge in [-0.05, 0) is 37.0 Å². The molecule has 0 bridgehead atoms. The maximum Gasteiger partial charge on any atom is 0.147 e. The summed E-state index contributed by atoms with van der Waals surface area (Å²) in [6, 6.07) is 7.41. The number of carbonyl (C=O) groups is 1. The van der Waals surface area contributed by atoms with Crippen molar-refractivity contribution < 1.29 is 13.2 Å².